The highest BCUT2D eigenvalue weighted by molar-refractivity contribution is 5.90. The molecule has 0 bridgehead atoms. The van der Waals surface area contributed by atoms with Crippen LogP contribution in [0.3, 0.4) is 0 Å². The zero-order valence-electron chi connectivity index (χ0n) is 8.63. The average molecular weight is 199 g/mol. The molecule has 2 aliphatic heterocycles. The minimum atomic E-state index is -1.45. The van der Waals surface area contributed by atoms with E-state index in [0.29, 0.717) is 18.6 Å². The summed E-state index contributed by atoms with van der Waals surface area (Å²) in [6.45, 7) is 5.77. The van der Waals surface area contributed by atoms with E-state index in [2.05, 4.69) is 0 Å². The van der Waals surface area contributed by atoms with Gasteiger partial charge in [0.2, 0.25) is 6.17 Å². The van der Waals surface area contributed by atoms with E-state index in [0.717, 1.165) is 5.70 Å². The number of hydrogen-bond donors (Lipinski definition) is 0. The Hall–Kier alpha value is -0.900. The number of halogens is 1. The van der Waals surface area contributed by atoms with Gasteiger partial charge in [0.05, 0.1) is 12.3 Å². The first kappa shape index (κ1) is 9.65. The topological polar surface area (TPSA) is 29.5 Å². The van der Waals surface area contributed by atoms with Crippen LogP contribution in [0.5, 0.6) is 0 Å². The van der Waals surface area contributed by atoms with E-state index in [-0.39, 0.29) is 0 Å². The Morgan fingerprint density at radius 1 is 1.64 bits per heavy atom. The Bertz CT molecular complexity index is 322. The van der Waals surface area contributed by atoms with Gasteiger partial charge in [-0.3, -0.25) is 9.69 Å². The summed E-state index contributed by atoms with van der Waals surface area (Å²) in [7, 11) is 0. The molecule has 2 aliphatic rings. The van der Waals surface area contributed by atoms with Crippen LogP contribution in [0.1, 0.15) is 27.2 Å². The van der Waals surface area contributed by atoms with Gasteiger partial charge in [0, 0.05) is 0 Å². The Labute approximate surface area is 82.5 Å². The number of nitrogens with zero attached hydrogens (tertiary/aromatic N) is 1. The third-order valence-corrected chi connectivity index (χ3v) is 2.87. The Balaban J connectivity index is 2.45. The van der Waals surface area contributed by atoms with Gasteiger partial charge in [-0.1, -0.05) is 6.92 Å². The van der Waals surface area contributed by atoms with Gasteiger partial charge >= 0.3 is 0 Å². The molecular formula is C10H14FNO2. The Morgan fingerprint density at radius 3 is 2.86 bits per heavy atom. The summed E-state index contributed by atoms with van der Waals surface area (Å²) < 4.78 is 19.0. The maximum atomic E-state index is 13.5. The van der Waals surface area contributed by atoms with Crippen molar-refractivity contribution in [2.75, 3.05) is 6.61 Å². The van der Waals surface area contributed by atoms with Crippen LogP contribution in [0.4, 0.5) is 4.39 Å². The van der Waals surface area contributed by atoms with Crippen molar-refractivity contribution >= 4 is 5.91 Å². The van der Waals surface area contributed by atoms with Gasteiger partial charge in [-0.15, -0.1) is 0 Å². The molecule has 1 fully saturated rings. The van der Waals surface area contributed by atoms with Gasteiger partial charge in [-0.25, -0.2) is 4.39 Å². The number of hydrogen-bond acceptors (Lipinski definition) is 2. The summed E-state index contributed by atoms with van der Waals surface area (Å²) in [5.41, 5.74) is 0.629. The van der Waals surface area contributed by atoms with Gasteiger partial charge in [0.25, 0.3) is 5.91 Å². The van der Waals surface area contributed by atoms with Gasteiger partial charge in [0.1, 0.15) is 5.72 Å². The lowest BCUT2D eigenvalue weighted by molar-refractivity contribution is -0.144. The van der Waals surface area contributed by atoms with Crippen molar-refractivity contribution in [1.82, 2.24) is 4.90 Å². The highest BCUT2D eigenvalue weighted by atomic mass is 19.1. The molecule has 3 nitrogen and oxygen atoms in total. The highest BCUT2D eigenvalue weighted by Gasteiger charge is 2.50. The highest BCUT2D eigenvalue weighted by Crippen LogP contribution is 2.40. The summed E-state index contributed by atoms with van der Waals surface area (Å²) in [6.07, 6.45) is -0.878. The van der Waals surface area contributed by atoms with Crippen molar-refractivity contribution in [2.24, 2.45) is 0 Å². The van der Waals surface area contributed by atoms with Crippen molar-refractivity contribution in [3.05, 3.63) is 11.3 Å². The lowest BCUT2D eigenvalue weighted by Crippen LogP contribution is -2.42. The fourth-order valence-corrected chi connectivity index (χ4v) is 2.13. The predicted molar refractivity (Wildman–Crippen MR) is 49.1 cm³/mol. The van der Waals surface area contributed by atoms with Crippen LogP contribution >= 0.6 is 0 Å². The summed E-state index contributed by atoms with van der Waals surface area (Å²) in [5.74, 6) is -0.473. The molecule has 4 heteroatoms. The van der Waals surface area contributed by atoms with E-state index in [1.54, 1.807) is 13.8 Å². The quantitative estimate of drug-likeness (QED) is 0.642. The van der Waals surface area contributed by atoms with Crippen LogP contribution in [-0.2, 0) is 9.53 Å². The maximum Gasteiger partial charge on any atom is 0.268 e. The van der Waals surface area contributed by atoms with Crippen LogP contribution in [0.25, 0.3) is 0 Å². The molecule has 0 aromatic rings. The molecule has 0 aromatic heterocycles. The van der Waals surface area contributed by atoms with Crippen molar-refractivity contribution in [2.45, 2.75) is 39.1 Å². The molecule has 0 radical (unpaired) electrons. The number of carbonyl (C=O) groups excluding carboxylic acids is 1. The number of fused-ring (bicyclic) bond motifs is 1. The summed E-state index contributed by atoms with van der Waals surface area (Å²) in [5, 5.41) is 0. The fraction of sp³-hybridized carbons (Fsp3) is 0.700. The third-order valence-electron chi connectivity index (χ3n) is 2.87. The van der Waals surface area contributed by atoms with Crippen LogP contribution in [-0.4, -0.2) is 29.3 Å². The molecule has 1 amide bonds. The third kappa shape index (κ3) is 1.03. The van der Waals surface area contributed by atoms with Gasteiger partial charge in [-0.2, -0.15) is 0 Å². The second-order valence-corrected chi connectivity index (χ2v) is 4.10. The lowest BCUT2D eigenvalue weighted by Gasteiger charge is -2.27. The van der Waals surface area contributed by atoms with E-state index in [9.17, 15) is 9.18 Å². The second kappa shape index (κ2) is 2.79. The van der Waals surface area contributed by atoms with E-state index in [4.69, 9.17) is 4.74 Å². The summed E-state index contributed by atoms with van der Waals surface area (Å²) in [4.78, 5) is 13.1. The van der Waals surface area contributed by atoms with Gasteiger partial charge in [-0.05, 0) is 25.8 Å². The second-order valence-electron chi connectivity index (χ2n) is 4.10. The molecule has 0 aromatic carbocycles. The van der Waals surface area contributed by atoms with Crippen molar-refractivity contribution in [3.8, 4) is 0 Å². The van der Waals surface area contributed by atoms with E-state index >= 15 is 0 Å². The maximum absolute atomic E-state index is 13.5. The zero-order chi connectivity index (χ0) is 10.5. The Kier molecular flexibility index (Phi) is 1.93. The normalized spacial score (nSPS) is 30.1. The molecule has 0 saturated carbocycles. The number of rotatable bonds is 1. The van der Waals surface area contributed by atoms with Crippen LogP contribution in [0.2, 0.25) is 0 Å². The zero-order valence-corrected chi connectivity index (χ0v) is 8.63. The van der Waals surface area contributed by atoms with E-state index < -0.39 is 17.8 Å². The predicted octanol–water partition coefficient (Wildman–Crippen LogP) is 1.60. The van der Waals surface area contributed by atoms with Crippen molar-refractivity contribution in [3.63, 3.8) is 0 Å². The first-order valence-corrected chi connectivity index (χ1v) is 4.83. The molecule has 0 unspecified atom stereocenters. The summed E-state index contributed by atoms with van der Waals surface area (Å²) >= 11 is 0. The van der Waals surface area contributed by atoms with Crippen molar-refractivity contribution in [1.29, 1.82) is 0 Å². The SMILES string of the molecule is CCC1=C2COC(C)(C)N2C(=O)[C@H]1F. The number of alkyl halides is 1. The molecule has 0 spiro atoms. The van der Waals surface area contributed by atoms with E-state index in [1.807, 2.05) is 6.92 Å². The average Bonchev–Trinajstić information content (AvgIpc) is 2.53. The van der Waals surface area contributed by atoms with E-state index in [1.165, 1.54) is 4.90 Å². The molecule has 2 rings (SSSR count). The minimum Gasteiger partial charge on any atom is -0.350 e. The first-order valence-electron chi connectivity index (χ1n) is 4.83. The van der Waals surface area contributed by atoms with Crippen molar-refractivity contribution < 1.29 is 13.9 Å². The molecule has 1 atom stereocenters. The first-order chi connectivity index (χ1) is 6.49. The van der Waals surface area contributed by atoms with Gasteiger partial charge < -0.3 is 4.74 Å². The monoisotopic (exact) mass is 199 g/mol. The number of ether oxygens (including phenoxy) is 1. The van der Waals surface area contributed by atoms with Crippen LogP contribution in [0.15, 0.2) is 11.3 Å². The van der Waals surface area contributed by atoms with Crippen LogP contribution in [0, 0.1) is 0 Å². The molecule has 1 saturated heterocycles. The molecule has 0 aliphatic carbocycles. The molecule has 2 heterocycles. The van der Waals surface area contributed by atoms with Crippen LogP contribution < -0.4 is 0 Å². The molecular weight excluding hydrogens is 185 g/mol. The summed E-state index contributed by atoms with van der Waals surface area (Å²) in [6, 6.07) is 0. The fourth-order valence-electron chi connectivity index (χ4n) is 2.13. The minimum absolute atomic E-state index is 0.350. The van der Waals surface area contributed by atoms with Gasteiger partial charge in [0.15, 0.2) is 0 Å². The smallest absolute Gasteiger partial charge is 0.268 e. The standard InChI is InChI=1S/C10H14FNO2/c1-4-6-7-5-14-10(2,3)12(7)9(13)8(6)11/h8H,4-5H2,1-3H3/t8-/m0/s1. The largest absolute Gasteiger partial charge is 0.350 e. The molecule has 78 valence electrons. The Morgan fingerprint density at radius 2 is 2.29 bits per heavy atom. The number of amides is 1. The number of carbonyl (C=O) groups is 1. The molecule has 0 N–H and O–H groups in total. The molecule has 14 heavy (non-hydrogen) atoms. The lowest BCUT2D eigenvalue weighted by atomic mass is 10.1.